The maximum Gasteiger partial charge on any atom is 0.316 e. The first-order valence-electron chi connectivity index (χ1n) is 8.51. The van der Waals surface area contributed by atoms with Gasteiger partial charge in [-0.1, -0.05) is 61.4 Å². The van der Waals surface area contributed by atoms with Crippen LogP contribution in [0, 0.1) is 0 Å². The summed E-state index contributed by atoms with van der Waals surface area (Å²) in [7, 11) is 0. The average molecular weight is 345 g/mol. The number of aromatic nitrogens is 3. The molecule has 0 bridgehead atoms. The van der Waals surface area contributed by atoms with Crippen LogP contribution < -0.4 is 0 Å². The third-order valence-corrected chi connectivity index (χ3v) is 5.60. The second-order valence-corrected chi connectivity index (χ2v) is 7.65. The average Bonchev–Trinajstić information content (AvgIpc) is 2.99. The fraction of sp³-hybridized carbons (Fsp3) is 0.500. The highest BCUT2D eigenvalue weighted by Crippen LogP contribution is 2.34. The largest absolute Gasteiger partial charge is 0.480 e. The number of carboxylic acid groups (broad SMARTS) is 1. The second-order valence-electron chi connectivity index (χ2n) is 6.35. The lowest BCUT2D eigenvalue weighted by Gasteiger charge is -2.22. The van der Waals surface area contributed by atoms with Gasteiger partial charge >= 0.3 is 5.97 Å². The number of aliphatic carboxylic acids is 1. The molecule has 1 saturated carbocycles. The number of carbonyl (C=O) groups is 1. The number of hydrogen-bond donors (Lipinski definition) is 1. The topological polar surface area (TPSA) is 68.0 Å². The summed E-state index contributed by atoms with van der Waals surface area (Å²) >= 11 is 1.27. The van der Waals surface area contributed by atoms with Crippen molar-refractivity contribution < 1.29 is 9.90 Å². The van der Waals surface area contributed by atoms with E-state index < -0.39 is 11.2 Å². The molecule has 5 nitrogen and oxygen atoms in total. The third-order valence-electron chi connectivity index (χ3n) is 4.53. The summed E-state index contributed by atoms with van der Waals surface area (Å²) in [6, 6.07) is 10.2. The molecule has 0 saturated heterocycles. The van der Waals surface area contributed by atoms with E-state index in [1.807, 2.05) is 18.2 Å². The number of thioether (sulfide) groups is 1. The maximum absolute atomic E-state index is 11.2. The molecule has 0 aliphatic heterocycles. The number of rotatable bonds is 6. The van der Waals surface area contributed by atoms with Crippen LogP contribution in [-0.2, 0) is 11.3 Å². The van der Waals surface area contributed by atoms with Crippen LogP contribution in [0.25, 0.3) is 0 Å². The molecule has 1 aromatic heterocycles. The van der Waals surface area contributed by atoms with Gasteiger partial charge in [-0.3, -0.25) is 4.79 Å². The van der Waals surface area contributed by atoms with Crippen molar-refractivity contribution >= 4 is 17.7 Å². The highest BCUT2D eigenvalue weighted by atomic mass is 32.2. The first kappa shape index (κ1) is 17.0. The molecule has 0 amide bonds. The number of carboxylic acids is 1. The molecule has 128 valence electrons. The van der Waals surface area contributed by atoms with Gasteiger partial charge in [-0.2, -0.15) is 0 Å². The molecule has 1 aliphatic carbocycles. The molecule has 1 N–H and O–H groups in total. The molecule has 0 radical (unpaired) electrons. The van der Waals surface area contributed by atoms with Gasteiger partial charge in [0, 0.05) is 5.92 Å². The second kappa shape index (κ2) is 7.83. The monoisotopic (exact) mass is 345 g/mol. The van der Waals surface area contributed by atoms with E-state index in [1.54, 1.807) is 6.92 Å². The van der Waals surface area contributed by atoms with Crippen molar-refractivity contribution in [3.8, 4) is 0 Å². The predicted molar refractivity (Wildman–Crippen MR) is 94.3 cm³/mol. The molecule has 3 rings (SSSR count). The van der Waals surface area contributed by atoms with Crippen molar-refractivity contribution in [2.45, 2.75) is 61.9 Å². The lowest BCUT2D eigenvalue weighted by Crippen LogP contribution is -2.16. The van der Waals surface area contributed by atoms with Gasteiger partial charge in [-0.15, -0.1) is 10.2 Å². The van der Waals surface area contributed by atoms with E-state index in [2.05, 4.69) is 26.9 Å². The zero-order valence-electron chi connectivity index (χ0n) is 13.9. The summed E-state index contributed by atoms with van der Waals surface area (Å²) in [4.78, 5) is 11.2. The Labute approximate surface area is 146 Å². The lowest BCUT2D eigenvalue weighted by atomic mass is 9.88. The standard InChI is InChI=1S/C18H23N3O2S/c1-13(17(22)23)24-18-20-19-16(15-10-6-3-7-11-15)21(18)12-14-8-4-2-5-9-14/h2,4-5,8-9,13,15H,3,6-7,10-12H2,1H3,(H,22,23). The van der Waals surface area contributed by atoms with Crippen LogP contribution in [0.3, 0.4) is 0 Å². The minimum absolute atomic E-state index is 0.435. The van der Waals surface area contributed by atoms with E-state index >= 15 is 0 Å². The van der Waals surface area contributed by atoms with E-state index in [0.29, 0.717) is 17.6 Å². The lowest BCUT2D eigenvalue weighted by molar-refractivity contribution is -0.136. The molecule has 1 aromatic carbocycles. The quantitative estimate of drug-likeness (QED) is 0.803. The van der Waals surface area contributed by atoms with Crippen LogP contribution in [0.5, 0.6) is 0 Å². The van der Waals surface area contributed by atoms with Crippen molar-refractivity contribution in [3.63, 3.8) is 0 Å². The molecule has 1 atom stereocenters. The molecular weight excluding hydrogens is 322 g/mol. The fourth-order valence-electron chi connectivity index (χ4n) is 3.17. The first-order chi connectivity index (χ1) is 11.6. The van der Waals surface area contributed by atoms with Gasteiger partial charge in [-0.05, 0) is 25.3 Å². The van der Waals surface area contributed by atoms with Crippen LogP contribution in [0.2, 0.25) is 0 Å². The Morgan fingerprint density at radius 3 is 2.62 bits per heavy atom. The first-order valence-corrected chi connectivity index (χ1v) is 9.39. The molecular formula is C18H23N3O2S. The van der Waals surface area contributed by atoms with Crippen LogP contribution >= 0.6 is 11.8 Å². The molecule has 1 aliphatic rings. The zero-order valence-corrected chi connectivity index (χ0v) is 14.7. The van der Waals surface area contributed by atoms with Gasteiger partial charge in [0.1, 0.15) is 11.1 Å². The zero-order chi connectivity index (χ0) is 16.9. The Bertz CT molecular complexity index is 681. The van der Waals surface area contributed by atoms with Gasteiger partial charge < -0.3 is 9.67 Å². The smallest absolute Gasteiger partial charge is 0.316 e. The van der Waals surface area contributed by atoms with Crippen LogP contribution in [0.4, 0.5) is 0 Å². The van der Waals surface area contributed by atoms with Crippen molar-refractivity contribution in [1.29, 1.82) is 0 Å². The van der Waals surface area contributed by atoms with Gasteiger partial charge in [-0.25, -0.2) is 0 Å². The van der Waals surface area contributed by atoms with Gasteiger partial charge in [0.2, 0.25) is 0 Å². The van der Waals surface area contributed by atoms with E-state index in [0.717, 1.165) is 18.7 Å². The van der Waals surface area contributed by atoms with Crippen LogP contribution in [0.15, 0.2) is 35.5 Å². The van der Waals surface area contributed by atoms with Gasteiger partial charge in [0.25, 0.3) is 0 Å². The SMILES string of the molecule is CC(Sc1nnc(C2CCCCC2)n1Cc1ccccc1)C(=O)O. The van der Waals surface area contributed by atoms with Gasteiger partial charge in [0.05, 0.1) is 6.54 Å². The summed E-state index contributed by atoms with van der Waals surface area (Å²) in [5.41, 5.74) is 1.18. The fourth-order valence-corrected chi connectivity index (χ4v) is 3.96. The molecule has 1 fully saturated rings. The minimum Gasteiger partial charge on any atom is -0.480 e. The normalized spacial score (nSPS) is 16.9. The Hall–Kier alpha value is -1.82. The van der Waals surface area contributed by atoms with E-state index in [4.69, 9.17) is 0 Å². The summed E-state index contributed by atoms with van der Waals surface area (Å²) in [5.74, 6) is 0.622. The number of hydrogen-bond acceptors (Lipinski definition) is 4. The predicted octanol–water partition coefficient (Wildman–Crippen LogP) is 3.94. The summed E-state index contributed by atoms with van der Waals surface area (Å²) in [5, 5.41) is 18.1. The van der Waals surface area contributed by atoms with Crippen molar-refractivity contribution in [2.24, 2.45) is 0 Å². The molecule has 2 aromatic rings. The van der Waals surface area contributed by atoms with Crippen LogP contribution in [-0.4, -0.2) is 31.1 Å². The van der Waals surface area contributed by atoms with Crippen molar-refractivity contribution in [2.75, 3.05) is 0 Å². The van der Waals surface area contributed by atoms with Crippen molar-refractivity contribution in [1.82, 2.24) is 14.8 Å². The molecule has 6 heteroatoms. The minimum atomic E-state index is -0.825. The Kier molecular flexibility index (Phi) is 5.56. The molecule has 24 heavy (non-hydrogen) atoms. The Balaban J connectivity index is 1.90. The van der Waals surface area contributed by atoms with Gasteiger partial charge in [0.15, 0.2) is 5.16 Å². The highest BCUT2D eigenvalue weighted by molar-refractivity contribution is 8.00. The summed E-state index contributed by atoms with van der Waals surface area (Å²) < 4.78 is 2.12. The number of nitrogens with zero attached hydrogens (tertiary/aromatic N) is 3. The number of benzene rings is 1. The van der Waals surface area contributed by atoms with E-state index in [-0.39, 0.29) is 0 Å². The van der Waals surface area contributed by atoms with Crippen LogP contribution in [0.1, 0.15) is 56.3 Å². The Morgan fingerprint density at radius 1 is 1.25 bits per heavy atom. The summed E-state index contributed by atoms with van der Waals surface area (Å²) in [6.07, 6.45) is 6.05. The Morgan fingerprint density at radius 2 is 1.96 bits per heavy atom. The highest BCUT2D eigenvalue weighted by Gasteiger charge is 2.25. The van der Waals surface area contributed by atoms with E-state index in [1.165, 1.54) is 36.6 Å². The maximum atomic E-state index is 11.2. The summed E-state index contributed by atoms with van der Waals surface area (Å²) in [6.45, 7) is 2.38. The molecule has 1 unspecified atom stereocenters. The molecule has 1 heterocycles. The third kappa shape index (κ3) is 3.98. The van der Waals surface area contributed by atoms with E-state index in [9.17, 15) is 9.90 Å². The molecule has 0 spiro atoms. The van der Waals surface area contributed by atoms with Crippen molar-refractivity contribution in [3.05, 3.63) is 41.7 Å².